The van der Waals surface area contributed by atoms with Gasteiger partial charge in [-0.25, -0.2) is 9.07 Å². The van der Waals surface area contributed by atoms with Gasteiger partial charge in [0.2, 0.25) is 0 Å². The third-order valence-electron chi connectivity index (χ3n) is 6.35. The first kappa shape index (κ1) is 21.8. The number of nitrogens with zero attached hydrogens (tertiary/aromatic N) is 3. The van der Waals surface area contributed by atoms with Crippen molar-refractivity contribution in [3.05, 3.63) is 82.6 Å². The molecular weight excluding hydrogens is 435 g/mol. The number of amides is 1. The molecule has 0 saturated carbocycles. The Hall–Kier alpha value is -3.03. The summed E-state index contributed by atoms with van der Waals surface area (Å²) in [5.74, 6) is 0.276. The van der Waals surface area contributed by atoms with Crippen molar-refractivity contribution < 1.29 is 9.18 Å². The molecule has 1 saturated heterocycles. The molecule has 0 bridgehead atoms. The van der Waals surface area contributed by atoms with Crippen molar-refractivity contribution in [1.29, 1.82) is 0 Å². The lowest BCUT2D eigenvalue weighted by atomic mass is 9.96. The number of benzene rings is 2. The molecule has 4 aromatic rings. The van der Waals surface area contributed by atoms with E-state index in [-0.39, 0.29) is 11.7 Å². The molecule has 0 radical (unpaired) electrons. The number of para-hydroxylation sites is 1. The van der Waals surface area contributed by atoms with E-state index in [1.54, 1.807) is 0 Å². The minimum atomic E-state index is -0.195. The van der Waals surface area contributed by atoms with Crippen LogP contribution in [0.1, 0.15) is 33.8 Å². The summed E-state index contributed by atoms with van der Waals surface area (Å²) in [5.41, 5.74) is 3.06. The van der Waals surface area contributed by atoms with Crippen LogP contribution in [0.25, 0.3) is 15.9 Å². The monoisotopic (exact) mass is 462 g/mol. The zero-order valence-corrected chi connectivity index (χ0v) is 19.4. The van der Waals surface area contributed by atoms with Crippen molar-refractivity contribution in [2.75, 3.05) is 19.6 Å². The van der Waals surface area contributed by atoms with E-state index in [2.05, 4.69) is 15.3 Å². The summed E-state index contributed by atoms with van der Waals surface area (Å²) in [4.78, 5) is 17.0. The van der Waals surface area contributed by atoms with Crippen LogP contribution >= 0.6 is 11.3 Å². The molecule has 5 nitrogen and oxygen atoms in total. The van der Waals surface area contributed by atoms with Crippen molar-refractivity contribution in [2.24, 2.45) is 5.92 Å². The van der Waals surface area contributed by atoms with Crippen LogP contribution in [-0.2, 0) is 6.54 Å². The number of likely N-dealkylation sites (tertiary alicyclic amines) is 1. The Balaban J connectivity index is 1.17. The summed E-state index contributed by atoms with van der Waals surface area (Å²) in [6, 6.07) is 18.7. The van der Waals surface area contributed by atoms with Gasteiger partial charge < -0.3 is 5.32 Å². The first-order chi connectivity index (χ1) is 16.1. The molecule has 3 heterocycles. The third kappa shape index (κ3) is 4.84. The summed E-state index contributed by atoms with van der Waals surface area (Å²) in [7, 11) is 0. The van der Waals surface area contributed by atoms with Crippen LogP contribution in [0.4, 0.5) is 4.39 Å². The normalized spacial score (nSPS) is 15.2. The number of hydrogen-bond acceptors (Lipinski definition) is 4. The van der Waals surface area contributed by atoms with Gasteiger partial charge >= 0.3 is 0 Å². The molecule has 2 aromatic carbocycles. The number of rotatable bonds is 6. The minimum absolute atomic E-state index is 0.0102. The number of aromatic nitrogens is 2. The van der Waals surface area contributed by atoms with Crippen molar-refractivity contribution in [2.45, 2.75) is 26.3 Å². The second-order valence-electron chi connectivity index (χ2n) is 8.72. The predicted octanol–water partition coefficient (Wildman–Crippen LogP) is 5.18. The average molecular weight is 463 g/mol. The van der Waals surface area contributed by atoms with E-state index in [1.807, 2.05) is 60.1 Å². The van der Waals surface area contributed by atoms with E-state index in [4.69, 9.17) is 0 Å². The molecule has 0 atom stereocenters. The zero-order valence-electron chi connectivity index (χ0n) is 18.6. The molecule has 1 amide bonds. The summed E-state index contributed by atoms with van der Waals surface area (Å²) >= 11 is 1.49. The van der Waals surface area contributed by atoms with Gasteiger partial charge in [-0.05, 0) is 74.7 Å². The second-order valence-corrected chi connectivity index (χ2v) is 9.75. The first-order valence-electron chi connectivity index (χ1n) is 11.4. The van der Waals surface area contributed by atoms with Crippen molar-refractivity contribution in [3.63, 3.8) is 0 Å². The molecule has 33 heavy (non-hydrogen) atoms. The van der Waals surface area contributed by atoms with Crippen LogP contribution in [0.2, 0.25) is 0 Å². The SMILES string of the molecule is Cc1nn(-c2ccccc2)c2sc(C(=O)NCC3CCN(Cc4ccc(F)cc4)CC3)cc12. The fourth-order valence-electron chi connectivity index (χ4n) is 4.42. The first-order valence-corrected chi connectivity index (χ1v) is 12.2. The summed E-state index contributed by atoms with van der Waals surface area (Å²) in [5, 5.41) is 8.83. The highest BCUT2D eigenvalue weighted by molar-refractivity contribution is 7.20. The lowest BCUT2D eigenvalue weighted by Gasteiger charge is -2.32. The highest BCUT2D eigenvalue weighted by atomic mass is 32.1. The molecule has 5 rings (SSSR count). The van der Waals surface area contributed by atoms with Gasteiger partial charge in [0.05, 0.1) is 16.3 Å². The molecule has 1 aliphatic rings. The maximum atomic E-state index is 13.1. The molecule has 2 aromatic heterocycles. The third-order valence-corrected chi connectivity index (χ3v) is 7.46. The van der Waals surface area contributed by atoms with Crippen LogP contribution in [-0.4, -0.2) is 40.2 Å². The van der Waals surface area contributed by atoms with Gasteiger partial charge in [0.1, 0.15) is 10.6 Å². The minimum Gasteiger partial charge on any atom is -0.351 e. The van der Waals surface area contributed by atoms with E-state index >= 15 is 0 Å². The highest BCUT2D eigenvalue weighted by Crippen LogP contribution is 2.30. The van der Waals surface area contributed by atoms with E-state index in [9.17, 15) is 9.18 Å². The second kappa shape index (κ2) is 9.45. The number of fused-ring (bicyclic) bond motifs is 1. The van der Waals surface area contributed by atoms with Gasteiger partial charge in [-0.2, -0.15) is 5.10 Å². The van der Waals surface area contributed by atoms with Crippen LogP contribution in [0.15, 0.2) is 60.7 Å². The van der Waals surface area contributed by atoms with Crippen molar-refractivity contribution in [1.82, 2.24) is 20.0 Å². The van der Waals surface area contributed by atoms with Gasteiger partial charge in [-0.15, -0.1) is 11.3 Å². The number of carbonyl (C=O) groups is 1. The number of halogens is 1. The molecule has 1 aliphatic heterocycles. The number of thiophene rings is 1. The Morgan fingerprint density at radius 2 is 1.85 bits per heavy atom. The predicted molar refractivity (Wildman–Crippen MR) is 130 cm³/mol. The number of nitrogens with one attached hydrogen (secondary N) is 1. The number of carbonyl (C=O) groups excluding carboxylic acids is 1. The maximum absolute atomic E-state index is 13.1. The Morgan fingerprint density at radius 1 is 1.12 bits per heavy atom. The maximum Gasteiger partial charge on any atom is 0.261 e. The largest absolute Gasteiger partial charge is 0.351 e. The molecule has 7 heteroatoms. The van der Waals surface area contributed by atoms with Crippen LogP contribution in [0.5, 0.6) is 0 Å². The van der Waals surface area contributed by atoms with Crippen molar-refractivity contribution in [3.8, 4) is 5.69 Å². The van der Waals surface area contributed by atoms with Crippen LogP contribution < -0.4 is 5.32 Å². The Kier molecular flexibility index (Phi) is 6.24. The van der Waals surface area contributed by atoms with Gasteiger partial charge in [-0.3, -0.25) is 9.69 Å². The van der Waals surface area contributed by atoms with Crippen molar-refractivity contribution >= 4 is 27.5 Å². The molecule has 0 spiro atoms. The summed E-state index contributed by atoms with van der Waals surface area (Å²) in [6.45, 7) is 5.51. The van der Waals surface area contributed by atoms with E-state index in [0.29, 0.717) is 12.5 Å². The average Bonchev–Trinajstić information content (AvgIpc) is 3.41. The molecule has 0 unspecified atom stereocenters. The molecule has 170 valence electrons. The van der Waals surface area contributed by atoms with Crippen LogP contribution in [0.3, 0.4) is 0 Å². The number of piperidine rings is 1. The molecule has 0 aliphatic carbocycles. The summed E-state index contributed by atoms with van der Waals surface area (Å²) in [6.07, 6.45) is 2.10. The lowest BCUT2D eigenvalue weighted by Crippen LogP contribution is -2.38. The van der Waals surface area contributed by atoms with E-state index < -0.39 is 0 Å². The standard InChI is InChI=1S/C26H27FN4OS/c1-18-23-15-24(33-26(23)31(29-18)22-5-3-2-4-6-22)25(32)28-16-19-11-13-30(14-12-19)17-20-7-9-21(27)10-8-20/h2-10,15,19H,11-14,16-17H2,1H3,(H,28,32). The topological polar surface area (TPSA) is 50.2 Å². The van der Waals surface area contributed by atoms with E-state index in [1.165, 1.54) is 23.5 Å². The molecular formula is C26H27FN4OS. The fraction of sp³-hybridized carbons (Fsp3) is 0.308. The lowest BCUT2D eigenvalue weighted by molar-refractivity contribution is 0.0939. The fourth-order valence-corrected chi connectivity index (χ4v) is 5.52. The van der Waals surface area contributed by atoms with Gasteiger partial charge in [0.15, 0.2) is 0 Å². The Bertz CT molecular complexity index is 1240. The zero-order chi connectivity index (χ0) is 22.8. The smallest absolute Gasteiger partial charge is 0.261 e. The molecule has 1 fully saturated rings. The quantitative estimate of drug-likeness (QED) is 0.430. The molecule has 1 N–H and O–H groups in total. The van der Waals surface area contributed by atoms with Gasteiger partial charge in [0.25, 0.3) is 5.91 Å². The van der Waals surface area contributed by atoms with Gasteiger partial charge in [-0.1, -0.05) is 30.3 Å². The highest BCUT2D eigenvalue weighted by Gasteiger charge is 2.21. The summed E-state index contributed by atoms with van der Waals surface area (Å²) < 4.78 is 15.0. The van der Waals surface area contributed by atoms with E-state index in [0.717, 1.165) is 64.5 Å². The number of hydrogen-bond donors (Lipinski definition) is 1. The Morgan fingerprint density at radius 3 is 2.58 bits per heavy atom. The number of aryl methyl sites for hydroxylation is 1. The van der Waals surface area contributed by atoms with Gasteiger partial charge in [0, 0.05) is 18.5 Å². The Labute approximate surface area is 196 Å². The van der Waals surface area contributed by atoms with Crippen LogP contribution in [0, 0.1) is 18.7 Å².